The van der Waals surface area contributed by atoms with E-state index in [1.807, 2.05) is 55.6 Å². The zero-order valence-corrected chi connectivity index (χ0v) is 30.5. The number of rotatable bonds is 14. The number of carbonyl (C=O) groups excluding carboxylic acids is 4. The van der Waals surface area contributed by atoms with Crippen LogP contribution in [0.4, 0.5) is 9.59 Å². The first kappa shape index (κ1) is 40.0. The lowest BCUT2D eigenvalue weighted by Crippen LogP contribution is -2.56. The minimum absolute atomic E-state index is 0.191. The summed E-state index contributed by atoms with van der Waals surface area (Å²) in [6.07, 6.45) is 5.75. The Kier molecular flexibility index (Phi) is 14.9. The molecule has 1 heterocycles. The van der Waals surface area contributed by atoms with Gasteiger partial charge in [0.1, 0.15) is 23.3 Å². The number of thiophene rings is 1. The number of hydrogen-bond acceptors (Lipinski definition) is 8. The maximum absolute atomic E-state index is 13.8. The van der Waals surface area contributed by atoms with E-state index in [0.717, 1.165) is 21.2 Å². The van der Waals surface area contributed by atoms with Crippen LogP contribution >= 0.6 is 11.3 Å². The van der Waals surface area contributed by atoms with E-state index in [4.69, 9.17) is 15.2 Å². The van der Waals surface area contributed by atoms with Gasteiger partial charge in [0, 0.05) is 23.7 Å². The molecule has 0 saturated carbocycles. The minimum Gasteiger partial charge on any atom is -0.444 e. The van der Waals surface area contributed by atoms with E-state index in [0.29, 0.717) is 6.42 Å². The van der Waals surface area contributed by atoms with Crippen LogP contribution in [0.1, 0.15) is 80.7 Å². The van der Waals surface area contributed by atoms with Crippen molar-refractivity contribution < 1.29 is 28.7 Å². The average Bonchev–Trinajstić information content (AvgIpc) is 3.36. The molecule has 0 aliphatic carbocycles. The van der Waals surface area contributed by atoms with Crippen molar-refractivity contribution in [2.24, 2.45) is 5.73 Å². The van der Waals surface area contributed by atoms with Gasteiger partial charge in [-0.15, -0.1) is 17.9 Å². The van der Waals surface area contributed by atoms with Gasteiger partial charge in [0.15, 0.2) is 0 Å². The van der Waals surface area contributed by atoms with Crippen LogP contribution < -0.4 is 21.7 Å². The molecule has 0 radical (unpaired) electrons. The molecular weight excluding hydrogens is 630 g/mol. The van der Waals surface area contributed by atoms with Gasteiger partial charge in [-0.05, 0) is 96.7 Å². The number of carbonyl (C=O) groups is 4. The largest absolute Gasteiger partial charge is 0.444 e. The summed E-state index contributed by atoms with van der Waals surface area (Å²) in [5.74, 6) is -1.06. The molecule has 0 fully saturated rings. The van der Waals surface area contributed by atoms with Gasteiger partial charge < -0.3 is 31.2 Å². The van der Waals surface area contributed by atoms with Gasteiger partial charge >= 0.3 is 12.2 Å². The number of allylic oxidation sites excluding steroid dienone is 2. The molecule has 11 nitrogen and oxygen atoms in total. The van der Waals surface area contributed by atoms with Crippen LogP contribution in [0.25, 0.3) is 10.1 Å². The molecule has 48 heavy (non-hydrogen) atoms. The second kappa shape index (κ2) is 17.8. The summed E-state index contributed by atoms with van der Waals surface area (Å²) in [7, 11) is 0. The van der Waals surface area contributed by atoms with Crippen molar-refractivity contribution in [3.63, 3.8) is 0 Å². The predicted molar refractivity (Wildman–Crippen MR) is 192 cm³/mol. The first-order valence-corrected chi connectivity index (χ1v) is 17.0. The fraction of sp³-hybridized carbons (Fsp3) is 0.500. The summed E-state index contributed by atoms with van der Waals surface area (Å²) in [4.78, 5) is 53.9. The number of alkyl carbamates (subject to hydrolysis) is 1. The molecule has 12 heteroatoms. The van der Waals surface area contributed by atoms with Gasteiger partial charge in [-0.1, -0.05) is 36.4 Å². The lowest BCUT2D eigenvalue weighted by Gasteiger charge is -2.29. The summed E-state index contributed by atoms with van der Waals surface area (Å²) in [6.45, 7) is 19.6. The lowest BCUT2D eigenvalue weighted by molar-refractivity contribution is -0.130. The van der Waals surface area contributed by atoms with E-state index in [-0.39, 0.29) is 18.9 Å². The molecule has 264 valence electrons. The first-order valence-electron chi connectivity index (χ1n) is 16.1. The summed E-state index contributed by atoms with van der Waals surface area (Å²) in [5, 5.41) is 11.1. The van der Waals surface area contributed by atoms with Crippen LogP contribution in [0, 0.1) is 0 Å². The number of nitrogens with zero attached hydrogens (tertiary/aromatic N) is 1. The Morgan fingerprint density at radius 2 is 1.62 bits per heavy atom. The Bertz CT molecular complexity index is 1490. The quantitative estimate of drug-likeness (QED) is 0.135. The molecule has 2 aromatic rings. The number of amides is 4. The minimum atomic E-state index is -1.01. The van der Waals surface area contributed by atoms with Crippen molar-refractivity contribution in [3.05, 3.63) is 71.8 Å². The van der Waals surface area contributed by atoms with E-state index in [2.05, 4.69) is 22.5 Å². The molecule has 3 unspecified atom stereocenters. The Labute approximate surface area is 289 Å². The number of nitrogens with one attached hydrogen (secondary N) is 3. The zero-order valence-electron chi connectivity index (χ0n) is 29.7. The number of ether oxygens (including phenoxy) is 2. The summed E-state index contributed by atoms with van der Waals surface area (Å²) in [5.41, 5.74) is 6.65. The van der Waals surface area contributed by atoms with Crippen LogP contribution in [-0.2, 0) is 25.5 Å². The second-order valence-corrected chi connectivity index (χ2v) is 14.6. The third kappa shape index (κ3) is 13.5. The number of nitrogens with two attached hydrogens (primary N) is 1. The molecule has 1 aromatic carbocycles. The van der Waals surface area contributed by atoms with E-state index >= 15 is 0 Å². The van der Waals surface area contributed by atoms with E-state index in [1.54, 1.807) is 65.2 Å². The van der Waals surface area contributed by atoms with Crippen LogP contribution in [-0.4, -0.2) is 64.4 Å². The SMILES string of the molecule is C=CC/C(=C\N(C(=O)OC(C)(C)C)C(C)/C=C\C)C[C@H](N)NC(=O)C(Cc1csc2ccccc12)NC(=O)C(C)NC(=O)OC(C)(C)C. The maximum Gasteiger partial charge on any atom is 0.414 e. The summed E-state index contributed by atoms with van der Waals surface area (Å²) in [6, 6.07) is 5.51. The summed E-state index contributed by atoms with van der Waals surface area (Å²) < 4.78 is 12.0. The molecule has 4 amide bonds. The second-order valence-electron chi connectivity index (χ2n) is 13.6. The molecule has 0 saturated heterocycles. The average molecular weight is 684 g/mol. The molecular formula is C36H53N5O6S. The fourth-order valence-corrected chi connectivity index (χ4v) is 5.65. The van der Waals surface area contributed by atoms with E-state index in [9.17, 15) is 19.2 Å². The molecule has 2 rings (SSSR count). The highest BCUT2D eigenvalue weighted by atomic mass is 32.1. The van der Waals surface area contributed by atoms with Crippen molar-refractivity contribution in [2.75, 3.05) is 0 Å². The molecule has 4 atom stereocenters. The molecule has 0 aliphatic rings. The Hall–Kier alpha value is -4.16. The van der Waals surface area contributed by atoms with Crippen molar-refractivity contribution in [1.82, 2.24) is 20.9 Å². The van der Waals surface area contributed by atoms with Gasteiger partial charge in [0.25, 0.3) is 0 Å². The Morgan fingerprint density at radius 3 is 2.23 bits per heavy atom. The van der Waals surface area contributed by atoms with Crippen molar-refractivity contribution in [2.45, 2.75) is 117 Å². The number of fused-ring (bicyclic) bond motifs is 1. The Morgan fingerprint density at radius 1 is 0.979 bits per heavy atom. The Balaban J connectivity index is 2.31. The molecule has 0 aliphatic heterocycles. The van der Waals surface area contributed by atoms with Crippen LogP contribution in [0.2, 0.25) is 0 Å². The topological polar surface area (TPSA) is 152 Å². The van der Waals surface area contributed by atoms with Gasteiger partial charge in [0.2, 0.25) is 11.8 Å². The first-order chi connectivity index (χ1) is 22.3. The molecule has 5 N–H and O–H groups in total. The molecule has 1 aromatic heterocycles. The van der Waals surface area contributed by atoms with Gasteiger partial charge in [-0.2, -0.15) is 0 Å². The van der Waals surface area contributed by atoms with Gasteiger partial charge in [0.05, 0.1) is 12.2 Å². The standard InChI is InChI=1S/C36H53N5O6S/c1-11-15-23(3)41(34(45)47-36(8,9)10)21-25(16-12-2)19-30(37)40-32(43)28(20-26-22-48-29-18-14-13-17-27(26)29)39-31(42)24(4)38-33(44)46-35(5,6)7/h11-15,17-18,21-24,28,30H,2,16,19-20,37H2,1,3-10H3,(H,38,44)(H,39,42)(H,40,43)/b15-11-,25-21+/t23?,24?,28?,30-/m1/s1. The van der Waals surface area contributed by atoms with Crippen LogP contribution in [0.5, 0.6) is 0 Å². The van der Waals surface area contributed by atoms with Crippen molar-refractivity contribution >= 4 is 45.4 Å². The van der Waals surface area contributed by atoms with Crippen LogP contribution in [0.3, 0.4) is 0 Å². The number of hydrogen-bond donors (Lipinski definition) is 4. The zero-order chi connectivity index (χ0) is 36.2. The molecule has 0 bridgehead atoms. The number of benzene rings is 1. The third-order valence-electron chi connectivity index (χ3n) is 6.80. The van der Waals surface area contributed by atoms with E-state index in [1.165, 1.54) is 11.8 Å². The van der Waals surface area contributed by atoms with Crippen molar-refractivity contribution in [1.29, 1.82) is 0 Å². The fourth-order valence-electron chi connectivity index (χ4n) is 4.68. The summed E-state index contributed by atoms with van der Waals surface area (Å²) >= 11 is 1.54. The monoisotopic (exact) mass is 683 g/mol. The van der Waals surface area contributed by atoms with Gasteiger partial charge in [-0.25, -0.2) is 9.59 Å². The van der Waals surface area contributed by atoms with Crippen molar-refractivity contribution in [3.8, 4) is 0 Å². The molecule has 0 spiro atoms. The van der Waals surface area contributed by atoms with Gasteiger partial charge in [-0.3, -0.25) is 14.5 Å². The predicted octanol–water partition coefficient (Wildman–Crippen LogP) is 6.29. The highest BCUT2D eigenvalue weighted by Crippen LogP contribution is 2.27. The van der Waals surface area contributed by atoms with Crippen LogP contribution in [0.15, 0.2) is 66.2 Å². The smallest absolute Gasteiger partial charge is 0.414 e. The normalized spacial score (nSPS) is 14.8. The van der Waals surface area contributed by atoms with E-state index < -0.39 is 53.5 Å². The lowest BCUT2D eigenvalue weighted by atomic mass is 10.0. The maximum atomic E-state index is 13.8. The third-order valence-corrected chi connectivity index (χ3v) is 7.81. The highest BCUT2D eigenvalue weighted by Gasteiger charge is 2.29. The highest BCUT2D eigenvalue weighted by molar-refractivity contribution is 7.17.